The van der Waals surface area contributed by atoms with Gasteiger partial charge in [-0.1, -0.05) is 31.2 Å². The molecule has 2 N–H and O–H groups in total. The van der Waals surface area contributed by atoms with Crippen LogP contribution < -0.4 is 19.7 Å². The van der Waals surface area contributed by atoms with Crippen molar-refractivity contribution in [1.29, 1.82) is 0 Å². The Balaban J connectivity index is 0.814. The number of ether oxygens (including phenoxy) is 2. The molecule has 5 aromatic carbocycles. The number of nitrogens with one attached hydrogen (secondary N) is 1. The molecule has 5 aromatic rings. The molecule has 2 saturated heterocycles. The van der Waals surface area contributed by atoms with Crippen LogP contribution in [0.3, 0.4) is 0 Å². The van der Waals surface area contributed by atoms with Crippen LogP contribution in [0.1, 0.15) is 35.7 Å². The normalized spacial score (nSPS) is 17.3. The molecule has 3 aliphatic heterocycles. The zero-order valence-electron chi connectivity index (χ0n) is 33.8. The van der Waals surface area contributed by atoms with Gasteiger partial charge in [-0.05, 0) is 102 Å². The average Bonchev–Trinajstić information content (AvgIpc) is 3.57. The zero-order valence-corrected chi connectivity index (χ0v) is 34.6. The van der Waals surface area contributed by atoms with E-state index >= 15 is 0 Å². The summed E-state index contributed by atoms with van der Waals surface area (Å²) in [6.45, 7) is 10.1. The minimum atomic E-state index is -3.34. The SMILES string of the molecule is CCN(CCOc1ccc(Oc2c(-c3ccc(S(C)(=O)=O)cc3)ccc3cc(O)ccc23)cc1)CCN1CCN(c2ccc3c(c2)C(=O)N(C2CCC(=O)NC2=O)C3)CC1. The van der Waals surface area contributed by atoms with E-state index in [4.69, 9.17) is 9.47 Å². The van der Waals surface area contributed by atoms with Crippen molar-refractivity contribution in [2.24, 2.45) is 0 Å². The molecular weight excluding hydrogens is 783 g/mol. The highest BCUT2D eigenvalue weighted by Crippen LogP contribution is 2.41. The number of anilines is 1. The molecule has 3 heterocycles. The highest BCUT2D eigenvalue weighted by Gasteiger charge is 2.39. The number of imide groups is 1. The maximum Gasteiger partial charge on any atom is 0.255 e. The summed E-state index contributed by atoms with van der Waals surface area (Å²) < 4.78 is 36.8. The summed E-state index contributed by atoms with van der Waals surface area (Å²) in [5.74, 6) is 1.24. The van der Waals surface area contributed by atoms with Crippen LogP contribution in [0.25, 0.3) is 21.9 Å². The van der Waals surface area contributed by atoms with Crippen molar-refractivity contribution in [1.82, 2.24) is 20.0 Å². The molecule has 3 aliphatic rings. The summed E-state index contributed by atoms with van der Waals surface area (Å²) in [6, 6.07) is 28.5. The predicted molar refractivity (Wildman–Crippen MR) is 229 cm³/mol. The van der Waals surface area contributed by atoms with Gasteiger partial charge in [0.15, 0.2) is 9.84 Å². The Hall–Kier alpha value is -5.96. The first-order chi connectivity index (χ1) is 28.9. The number of nitrogens with zero attached hydrogens (tertiary/aromatic N) is 4. The lowest BCUT2D eigenvalue weighted by molar-refractivity contribution is -0.136. The van der Waals surface area contributed by atoms with Crippen molar-refractivity contribution in [3.63, 3.8) is 0 Å². The van der Waals surface area contributed by atoms with Crippen molar-refractivity contribution in [3.8, 4) is 34.1 Å². The van der Waals surface area contributed by atoms with Gasteiger partial charge in [0.05, 0.1) is 4.90 Å². The smallest absolute Gasteiger partial charge is 0.255 e. The molecule has 0 aromatic heterocycles. The largest absolute Gasteiger partial charge is 0.508 e. The first-order valence-electron chi connectivity index (χ1n) is 20.4. The fourth-order valence-corrected chi connectivity index (χ4v) is 8.83. The number of sulfone groups is 1. The van der Waals surface area contributed by atoms with Crippen LogP contribution in [0.2, 0.25) is 0 Å². The Morgan fingerprint density at radius 2 is 1.58 bits per heavy atom. The molecule has 1 atom stereocenters. The summed E-state index contributed by atoms with van der Waals surface area (Å²) in [6.07, 6.45) is 1.78. The molecule has 2 fully saturated rings. The third kappa shape index (κ3) is 8.96. The quantitative estimate of drug-likeness (QED) is 0.133. The second-order valence-corrected chi connectivity index (χ2v) is 17.6. The monoisotopic (exact) mass is 831 g/mol. The number of piperazine rings is 1. The van der Waals surface area contributed by atoms with Gasteiger partial charge in [-0.15, -0.1) is 0 Å². The molecule has 60 heavy (non-hydrogen) atoms. The van der Waals surface area contributed by atoms with E-state index in [2.05, 4.69) is 33.0 Å². The topological polar surface area (TPSA) is 149 Å². The number of piperidine rings is 1. The Bertz CT molecular complexity index is 2520. The lowest BCUT2D eigenvalue weighted by Crippen LogP contribution is -2.52. The van der Waals surface area contributed by atoms with Crippen LogP contribution >= 0.6 is 0 Å². The zero-order chi connectivity index (χ0) is 42.0. The van der Waals surface area contributed by atoms with Crippen LogP contribution in [0.15, 0.2) is 102 Å². The Labute approximate surface area is 350 Å². The van der Waals surface area contributed by atoms with Crippen molar-refractivity contribution in [2.75, 3.05) is 70.1 Å². The van der Waals surface area contributed by atoms with Crippen molar-refractivity contribution >= 4 is 44.0 Å². The molecule has 0 radical (unpaired) electrons. The number of hydrogen-bond donors (Lipinski definition) is 2. The molecular formula is C46H49N5O8S. The number of benzene rings is 5. The van der Waals surface area contributed by atoms with Crippen LogP contribution in [-0.4, -0.2) is 117 Å². The number of carbonyl (C=O) groups excluding carboxylic acids is 3. The van der Waals surface area contributed by atoms with Gasteiger partial charge < -0.3 is 24.4 Å². The molecule has 0 aliphatic carbocycles. The van der Waals surface area contributed by atoms with Crippen LogP contribution in [0.5, 0.6) is 23.0 Å². The van der Waals surface area contributed by atoms with Gasteiger partial charge in [0.25, 0.3) is 5.91 Å². The van der Waals surface area contributed by atoms with Gasteiger partial charge in [0, 0.05) is 87.2 Å². The number of likely N-dealkylation sites (N-methyl/N-ethyl adjacent to an activating group) is 1. The van der Waals surface area contributed by atoms with Gasteiger partial charge in [-0.2, -0.15) is 0 Å². The number of carbonyl (C=O) groups is 3. The number of fused-ring (bicyclic) bond motifs is 2. The molecule has 3 amide bonds. The number of hydrogen-bond acceptors (Lipinski definition) is 11. The van der Waals surface area contributed by atoms with E-state index in [9.17, 15) is 27.9 Å². The Kier molecular flexibility index (Phi) is 11.8. The third-order valence-electron chi connectivity index (χ3n) is 11.7. The second-order valence-electron chi connectivity index (χ2n) is 15.6. The molecule has 0 bridgehead atoms. The molecule has 0 saturated carbocycles. The third-order valence-corrected chi connectivity index (χ3v) is 12.8. The van der Waals surface area contributed by atoms with Gasteiger partial charge in [0.2, 0.25) is 11.8 Å². The summed E-state index contributed by atoms with van der Waals surface area (Å²) in [7, 11) is -3.34. The molecule has 8 rings (SSSR count). The highest BCUT2D eigenvalue weighted by molar-refractivity contribution is 7.90. The van der Waals surface area contributed by atoms with E-state index in [-0.39, 0.29) is 28.9 Å². The van der Waals surface area contributed by atoms with E-state index < -0.39 is 21.8 Å². The number of rotatable bonds is 14. The summed E-state index contributed by atoms with van der Waals surface area (Å²) in [5, 5.41) is 14.1. The standard InChI is InChI=1S/C46H49N5O8S/c1-3-48(20-21-49-22-24-50(25-23-49)34-8-4-33-30-51(46(55)41(33)29-34)42-18-19-43(53)47-45(42)54)26-27-58-36-10-12-37(13-11-36)59-44-39(16-7-32-28-35(52)9-17-40(32)44)31-5-14-38(15-6-31)60(2,56)57/h4-17,28-29,42,52H,3,18-27,30H2,1-2H3,(H,47,53,54). The number of aromatic hydroxyl groups is 1. The maximum absolute atomic E-state index is 13.3. The minimum Gasteiger partial charge on any atom is -0.508 e. The summed E-state index contributed by atoms with van der Waals surface area (Å²) >= 11 is 0. The number of phenols is 1. The number of phenolic OH excluding ortho intramolecular Hbond substituents is 1. The van der Waals surface area contributed by atoms with E-state index in [0.29, 0.717) is 36.6 Å². The van der Waals surface area contributed by atoms with E-state index in [1.807, 2.05) is 54.6 Å². The van der Waals surface area contributed by atoms with Gasteiger partial charge >= 0.3 is 0 Å². The van der Waals surface area contributed by atoms with E-state index in [1.165, 1.54) is 6.26 Å². The van der Waals surface area contributed by atoms with Crippen molar-refractivity contribution < 1.29 is 37.4 Å². The van der Waals surface area contributed by atoms with Gasteiger partial charge in [-0.25, -0.2) is 8.42 Å². The lowest BCUT2D eigenvalue weighted by Gasteiger charge is -2.37. The predicted octanol–water partition coefficient (Wildman–Crippen LogP) is 5.69. The first kappa shape index (κ1) is 40.8. The van der Waals surface area contributed by atoms with E-state index in [0.717, 1.165) is 91.3 Å². The van der Waals surface area contributed by atoms with Gasteiger partial charge in [0.1, 0.15) is 35.6 Å². The molecule has 13 nitrogen and oxygen atoms in total. The minimum absolute atomic E-state index is 0.149. The summed E-state index contributed by atoms with van der Waals surface area (Å²) in [4.78, 5) is 46.4. The fraction of sp³-hybridized carbons (Fsp3) is 0.326. The Morgan fingerprint density at radius 1 is 0.833 bits per heavy atom. The summed E-state index contributed by atoms with van der Waals surface area (Å²) in [5.41, 5.74) is 4.15. The fourth-order valence-electron chi connectivity index (χ4n) is 8.20. The maximum atomic E-state index is 13.3. The van der Waals surface area contributed by atoms with Crippen LogP contribution in [-0.2, 0) is 26.0 Å². The number of amides is 3. The average molecular weight is 832 g/mol. The first-order valence-corrected chi connectivity index (χ1v) is 22.3. The second kappa shape index (κ2) is 17.3. The van der Waals surface area contributed by atoms with Crippen LogP contribution in [0.4, 0.5) is 5.69 Å². The van der Waals surface area contributed by atoms with Gasteiger partial charge in [-0.3, -0.25) is 29.5 Å². The molecule has 0 spiro atoms. The van der Waals surface area contributed by atoms with Crippen LogP contribution in [0, 0.1) is 0 Å². The van der Waals surface area contributed by atoms with E-state index in [1.54, 1.807) is 41.3 Å². The molecule has 1 unspecified atom stereocenters. The highest BCUT2D eigenvalue weighted by atomic mass is 32.2. The lowest BCUT2D eigenvalue weighted by atomic mass is 9.99. The van der Waals surface area contributed by atoms with Crippen molar-refractivity contribution in [3.05, 3.63) is 108 Å². The molecule has 14 heteroatoms. The van der Waals surface area contributed by atoms with Crippen molar-refractivity contribution in [2.45, 2.75) is 37.2 Å². The molecule has 312 valence electrons. The Morgan fingerprint density at radius 3 is 2.30 bits per heavy atom.